The number of nitrogens with one attached hydrogen (secondary N) is 1. The third-order valence-corrected chi connectivity index (χ3v) is 3.46. The van der Waals surface area contributed by atoms with E-state index in [1.54, 1.807) is 7.11 Å². The standard InChI is InChI=1S/C12H11N5O2S/c1-6-3-4-7(8(19-2)9(6)20)17-5-13-10-11(16-17)15-12(18)14-10/h3-5,20H,1-2H3,(H,15,16,18). The molecule has 0 aromatic heterocycles. The number of imidazole rings is 1. The molecule has 0 atom stereocenters. The van der Waals surface area contributed by atoms with E-state index in [0.717, 1.165) is 10.5 Å². The van der Waals surface area contributed by atoms with Crippen molar-refractivity contribution in [3.8, 4) is 23.1 Å². The lowest BCUT2D eigenvalue weighted by atomic mass is 10.2. The maximum atomic E-state index is 11.2. The van der Waals surface area contributed by atoms with E-state index in [1.165, 1.54) is 11.0 Å². The van der Waals surface area contributed by atoms with Crippen molar-refractivity contribution >= 4 is 12.6 Å². The van der Waals surface area contributed by atoms with Gasteiger partial charge < -0.3 is 4.74 Å². The average Bonchev–Trinajstić information content (AvgIpc) is 2.80. The van der Waals surface area contributed by atoms with Crippen molar-refractivity contribution in [1.29, 1.82) is 0 Å². The second kappa shape index (κ2) is 4.64. The van der Waals surface area contributed by atoms with Gasteiger partial charge in [-0.25, -0.2) is 14.5 Å². The van der Waals surface area contributed by atoms with Crippen molar-refractivity contribution in [3.05, 3.63) is 34.5 Å². The first-order valence-electron chi connectivity index (χ1n) is 5.79. The van der Waals surface area contributed by atoms with E-state index in [1.807, 2.05) is 19.1 Å². The zero-order valence-corrected chi connectivity index (χ0v) is 11.7. The fraction of sp³-hybridized carbons (Fsp3) is 0.167. The largest absolute Gasteiger partial charge is 0.493 e. The molecule has 8 heteroatoms. The predicted octanol–water partition coefficient (Wildman–Crippen LogP) is 1.06. The van der Waals surface area contributed by atoms with Crippen LogP contribution in [0.1, 0.15) is 5.56 Å². The van der Waals surface area contributed by atoms with Gasteiger partial charge in [0.15, 0.2) is 5.75 Å². The lowest BCUT2D eigenvalue weighted by Gasteiger charge is -2.14. The molecule has 0 bridgehead atoms. The lowest BCUT2D eigenvalue weighted by Crippen LogP contribution is -2.07. The Morgan fingerprint density at radius 1 is 1.40 bits per heavy atom. The molecule has 0 amide bonds. The van der Waals surface area contributed by atoms with Crippen LogP contribution in [0.4, 0.5) is 0 Å². The number of benzene rings is 1. The number of hydrogen-bond donors (Lipinski definition) is 2. The van der Waals surface area contributed by atoms with Gasteiger partial charge in [0.1, 0.15) is 12.0 Å². The third kappa shape index (κ3) is 1.94. The molecule has 0 spiro atoms. The molecule has 0 unspecified atom stereocenters. The van der Waals surface area contributed by atoms with E-state index in [9.17, 15) is 4.79 Å². The van der Waals surface area contributed by atoms with Gasteiger partial charge in [-0.2, -0.15) is 4.98 Å². The molecule has 20 heavy (non-hydrogen) atoms. The fourth-order valence-corrected chi connectivity index (χ4v) is 2.17. The highest BCUT2D eigenvalue weighted by atomic mass is 32.1. The molecule has 7 nitrogen and oxygen atoms in total. The van der Waals surface area contributed by atoms with Crippen LogP contribution in [0.5, 0.6) is 5.75 Å². The van der Waals surface area contributed by atoms with Gasteiger partial charge in [-0.1, -0.05) is 6.07 Å². The Morgan fingerprint density at radius 2 is 2.20 bits per heavy atom. The van der Waals surface area contributed by atoms with E-state index in [4.69, 9.17) is 4.74 Å². The molecule has 0 fully saturated rings. The number of aryl methyl sites for hydroxylation is 1. The van der Waals surface area contributed by atoms with Gasteiger partial charge in [-0.05, 0) is 18.6 Å². The number of ether oxygens (including phenoxy) is 1. The molecular formula is C12H11N5O2S. The Hall–Kier alpha value is -2.35. The van der Waals surface area contributed by atoms with Gasteiger partial charge in [0.25, 0.3) is 0 Å². The van der Waals surface area contributed by atoms with Crippen LogP contribution >= 0.6 is 12.6 Å². The van der Waals surface area contributed by atoms with E-state index in [2.05, 4.69) is 32.7 Å². The first kappa shape index (κ1) is 12.7. The number of hydrogen-bond acceptors (Lipinski definition) is 6. The second-order valence-corrected chi connectivity index (χ2v) is 4.63. The van der Waals surface area contributed by atoms with Crippen LogP contribution in [0.3, 0.4) is 0 Å². The normalized spacial score (nSPS) is 10.9. The maximum Gasteiger partial charge on any atom is 0.348 e. The summed E-state index contributed by atoms with van der Waals surface area (Å²) < 4.78 is 6.89. The highest BCUT2D eigenvalue weighted by molar-refractivity contribution is 7.80. The van der Waals surface area contributed by atoms with Crippen molar-refractivity contribution < 1.29 is 4.74 Å². The van der Waals surface area contributed by atoms with Crippen LogP contribution < -0.4 is 10.4 Å². The Kier molecular flexibility index (Phi) is 2.94. The van der Waals surface area contributed by atoms with Crippen LogP contribution in [-0.2, 0) is 0 Å². The van der Waals surface area contributed by atoms with Gasteiger partial charge in [-0.3, -0.25) is 4.98 Å². The van der Waals surface area contributed by atoms with E-state index >= 15 is 0 Å². The van der Waals surface area contributed by atoms with E-state index in [0.29, 0.717) is 17.3 Å². The number of nitrogens with zero attached hydrogens (tertiary/aromatic N) is 4. The highest BCUT2D eigenvalue weighted by Gasteiger charge is 2.15. The van der Waals surface area contributed by atoms with E-state index in [-0.39, 0.29) is 5.82 Å². The minimum atomic E-state index is -0.469. The molecule has 0 radical (unpaired) electrons. The topological polar surface area (TPSA) is 85.7 Å². The molecule has 2 aliphatic rings. The van der Waals surface area contributed by atoms with Crippen molar-refractivity contribution in [1.82, 2.24) is 24.7 Å². The minimum absolute atomic E-state index is 0.281. The molecule has 0 saturated heterocycles. The van der Waals surface area contributed by atoms with Gasteiger partial charge in [0, 0.05) is 0 Å². The summed E-state index contributed by atoms with van der Waals surface area (Å²) in [4.78, 5) is 22.2. The van der Waals surface area contributed by atoms with Crippen LogP contribution in [0.2, 0.25) is 0 Å². The van der Waals surface area contributed by atoms with E-state index < -0.39 is 5.69 Å². The maximum absolute atomic E-state index is 11.2. The van der Waals surface area contributed by atoms with Gasteiger partial charge in [0.05, 0.1) is 12.0 Å². The molecule has 3 rings (SSSR count). The summed E-state index contributed by atoms with van der Waals surface area (Å²) in [6.45, 7) is 1.94. The molecule has 1 aromatic rings. The average molecular weight is 289 g/mol. The van der Waals surface area contributed by atoms with Crippen molar-refractivity contribution in [3.63, 3.8) is 0 Å². The van der Waals surface area contributed by atoms with Crippen LogP contribution in [-0.4, -0.2) is 31.8 Å². The number of aromatic amines is 1. The summed E-state index contributed by atoms with van der Waals surface area (Å²) in [5.41, 5.74) is 1.20. The lowest BCUT2D eigenvalue weighted by molar-refractivity contribution is 0.401. The molecule has 1 N–H and O–H groups in total. The summed E-state index contributed by atoms with van der Waals surface area (Å²) in [6.07, 6.45) is 1.48. The Morgan fingerprint density at radius 3 is 2.95 bits per heavy atom. The molecule has 2 aliphatic heterocycles. The smallest absolute Gasteiger partial charge is 0.348 e. The number of methoxy groups -OCH3 is 1. The first-order chi connectivity index (χ1) is 9.60. The molecule has 2 heterocycles. The number of fused-ring (bicyclic) bond motifs is 1. The predicted molar refractivity (Wildman–Crippen MR) is 74.9 cm³/mol. The summed E-state index contributed by atoms with van der Waals surface area (Å²) in [6, 6.07) is 3.76. The molecule has 1 aromatic carbocycles. The Bertz CT molecular complexity index is 810. The summed E-state index contributed by atoms with van der Waals surface area (Å²) in [7, 11) is 1.57. The number of H-pyrrole nitrogens is 1. The monoisotopic (exact) mass is 289 g/mol. The molecular weight excluding hydrogens is 278 g/mol. The Balaban J connectivity index is 2.23. The highest BCUT2D eigenvalue weighted by Crippen LogP contribution is 2.32. The molecule has 0 saturated carbocycles. The minimum Gasteiger partial charge on any atom is -0.493 e. The number of aromatic nitrogens is 5. The number of rotatable bonds is 2. The third-order valence-electron chi connectivity index (χ3n) is 2.91. The van der Waals surface area contributed by atoms with Crippen LogP contribution in [0.15, 0.2) is 28.2 Å². The van der Waals surface area contributed by atoms with Crippen LogP contribution in [0.25, 0.3) is 17.3 Å². The van der Waals surface area contributed by atoms with Crippen molar-refractivity contribution in [2.75, 3.05) is 7.11 Å². The fourth-order valence-electron chi connectivity index (χ4n) is 1.89. The van der Waals surface area contributed by atoms with Gasteiger partial charge >= 0.3 is 5.69 Å². The van der Waals surface area contributed by atoms with Crippen LogP contribution in [0, 0.1) is 6.92 Å². The zero-order valence-electron chi connectivity index (χ0n) is 10.8. The first-order valence-corrected chi connectivity index (χ1v) is 6.23. The van der Waals surface area contributed by atoms with Gasteiger partial charge in [-0.15, -0.1) is 17.7 Å². The summed E-state index contributed by atoms with van der Waals surface area (Å²) in [5, 5.41) is 4.27. The quantitative estimate of drug-likeness (QED) is 0.689. The summed E-state index contributed by atoms with van der Waals surface area (Å²) in [5.74, 6) is 1.19. The molecule has 0 aliphatic carbocycles. The Labute approximate surface area is 119 Å². The SMILES string of the molecule is COc1c(-n2cnc3nc(=O)[nH]c-3n2)ccc(C)c1S. The summed E-state index contributed by atoms with van der Waals surface area (Å²) >= 11 is 4.43. The van der Waals surface area contributed by atoms with Crippen molar-refractivity contribution in [2.45, 2.75) is 11.8 Å². The second-order valence-electron chi connectivity index (χ2n) is 4.19. The van der Waals surface area contributed by atoms with Gasteiger partial charge in [0.2, 0.25) is 11.6 Å². The zero-order chi connectivity index (χ0) is 14.3. The number of thiol groups is 1. The van der Waals surface area contributed by atoms with Crippen molar-refractivity contribution in [2.24, 2.45) is 0 Å². The molecule has 102 valence electrons.